The molecule has 0 saturated heterocycles. The molecule has 0 spiro atoms. The van der Waals surface area contributed by atoms with Gasteiger partial charge < -0.3 is 15.0 Å². The Morgan fingerprint density at radius 1 is 1.07 bits per heavy atom. The number of aliphatic imine (C=N–C) groups is 1. The number of aryl methyl sites for hydroxylation is 2. The molecule has 142 valence electrons. The van der Waals surface area contributed by atoms with Crippen LogP contribution in [0.1, 0.15) is 16.7 Å². The van der Waals surface area contributed by atoms with E-state index in [1.807, 2.05) is 19.1 Å². The predicted molar refractivity (Wildman–Crippen MR) is 120 cm³/mol. The van der Waals surface area contributed by atoms with Crippen LogP contribution in [-0.2, 0) is 17.7 Å². The number of methoxy groups -OCH3 is 1. The second-order valence-electron chi connectivity index (χ2n) is 6.60. The number of fused-ring (bicyclic) bond motifs is 2. The molecule has 0 radical (unpaired) electrons. The number of nitrogens with zero attached hydrogens (tertiary/aromatic N) is 2. The number of hydrogen-bond donors (Lipinski definition) is 1. The molecule has 2 heterocycles. The maximum Gasteiger partial charge on any atom is 0.104 e. The molecule has 0 atom stereocenters. The van der Waals surface area contributed by atoms with E-state index in [0.717, 1.165) is 34.2 Å². The third kappa shape index (κ3) is 4.28. The zero-order chi connectivity index (χ0) is 19.6. The molecular formula is C21H23Br2N3O. The highest BCUT2D eigenvalue weighted by Gasteiger charge is 2.16. The Kier molecular flexibility index (Phi) is 6.40. The van der Waals surface area contributed by atoms with E-state index < -0.39 is 0 Å². The van der Waals surface area contributed by atoms with Crippen LogP contribution in [0.5, 0.6) is 0 Å². The molecule has 4 rings (SSSR count). The van der Waals surface area contributed by atoms with Crippen LogP contribution in [0.15, 0.2) is 50.5 Å². The van der Waals surface area contributed by atoms with Crippen molar-refractivity contribution in [3.63, 3.8) is 0 Å². The Morgan fingerprint density at radius 2 is 1.78 bits per heavy atom. The molecule has 0 fully saturated rings. The van der Waals surface area contributed by atoms with E-state index in [0.29, 0.717) is 5.84 Å². The zero-order valence-corrected chi connectivity index (χ0v) is 18.9. The van der Waals surface area contributed by atoms with Gasteiger partial charge in [0, 0.05) is 40.6 Å². The lowest BCUT2D eigenvalue weighted by Gasteiger charge is -2.07. The number of aromatic nitrogens is 1. The minimum absolute atomic E-state index is 0.708. The van der Waals surface area contributed by atoms with E-state index in [1.165, 1.54) is 27.6 Å². The van der Waals surface area contributed by atoms with Crippen molar-refractivity contribution >= 4 is 54.3 Å². The summed E-state index contributed by atoms with van der Waals surface area (Å²) in [7, 11) is 1.73. The van der Waals surface area contributed by atoms with Crippen LogP contribution < -0.4 is 5.73 Å². The van der Waals surface area contributed by atoms with Crippen LogP contribution >= 0.6 is 31.9 Å². The zero-order valence-electron chi connectivity index (χ0n) is 15.7. The first kappa shape index (κ1) is 20.1. The highest BCUT2D eigenvalue weighted by Crippen LogP contribution is 2.34. The van der Waals surface area contributed by atoms with Crippen molar-refractivity contribution in [1.29, 1.82) is 0 Å². The van der Waals surface area contributed by atoms with Crippen LogP contribution in [0, 0.1) is 13.8 Å². The smallest absolute Gasteiger partial charge is 0.104 e. The number of benzene rings is 2. The molecule has 0 bridgehead atoms. The van der Waals surface area contributed by atoms with Crippen molar-refractivity contribution in [2.75, 3.05) is 13.7 Å². The second-order valence-corrected chi connectivity index (χ2v) is 8.31. The molecule has 2 N–H and O–H groups in total. The molecule has 1 aliphatic heterocycles. The second kappa shape index (κ2) is 8.59. The predicted octanol–water partition coefficient (Wildman–Crippen LogP) is 5.66. The summed E-state index contributed by atoms with van der Waals surface area (Å²) < 4.78 is 9.59. The molecule has 27 heavy (non-hydrogen) atoms. The lowest BCUT2D eigenvalue weighted by molar-refractivity contribution is 0.188. The molecule has 1 aliphatic rings. The molecule has 1 aromatic heterocycles. The number of rotatable bonds is 3. The Labute approximate surface area is 176 Å². The van der Waals surface area contributed by atoms with Gasteiger partial charge in [-0.25, -0.2) is 4.99 Å². The van der Waals surface area contributed by atoms with Crippen LogP contribution in [-0.4, -0.2) is 24.1 Å². The fraction of sp³-hybridized carbons (Fsp3) is 0.286. The summed E-state index contributed by atoms with van der Waals surface area (Å²) in [6.07, 6.45) is 2.89. The molecule has 0 unspecified atom stereocenters. The molecule has 6 heteroatoms. The van der Waals surface area contributed by atoms with Crippen molar-refractivity contribution in [1.82, 2.24) is 4.57 Å². The number of hydrogen-bond acceptors (Lipinski definition) is 3. The number of halogens is 2. The average Bonchev–Trinajstić information content (AvgIpc) is 3.25. The third-order valence-electron chi connectivity index (χ3n) is 4.65. The molecule has 2 aromatic carbocycles. The Bertz CT molecular complexity index is 1010. The van der Waals surface area contributed by atoms with Crippen molar-refractivity contribution in [2.45, 2.75) is 26.8 Å². The Morgan fingerprint density at radius 3 is 2.48 bits per heavy atom. The standard InChI is InChI=1S/C12H14BrNO.C9H9BrN2/c1-9-3-4-11(13)10-5-6-14(12(9)10)7-8-15-2;1-5-2-3-7(10)6-4-8(11)12-9(5)6/h3-6H,7-8H2,1-2H3;2-3H,4H2,1H3,(H2,11,12). The van der Waals surface area contributed by atoms with E-state index in [9.17, 15) is 0 Å². The fourth-order valence-electron chi connectivity index (χ4n) is 3.26. The first-order chi connectivity index (χ1) is 12.9. The number of nitrogens with two attached hydrogens (primary N) is 1. The highest BCUT2D eigenvalue weighted by atomic mass is 79.9. The average molecular weight is 493 g/mol. The lowest BCUT2D eigenvalue weighted by atomic mass is 10.1. The third-order valence-corrected chi connectivity index (χ3v) is 6.09. The molecule has 4 nitrogen and oxygen atoms in total. The molecule has 0 amide bonds. The minimum Gasteiger partial charge on any atom is -0.387 e. The van der Waals surface area contributed by atoms with Gasteiger partial charge in [-0.15, -0.1) is 0 Å². The summed E-state index contributed by atoms with van der Waals surface area (Å²) >= 11 is 7.05. The van der Waals surface area contributed by atoms with Gasteiger partial charge in [-0.3, -0.25) is 0 Å². The van der Waals surface area contributed by atoms with Crippen LogP contribution in [0.2, 0.25) is 0 Å². The molecular weight excluding hydrogens is 470 g/mol. The van der Waals surface area contributed by atoms with Crippen LogP contribution in [0.3, 0.4) is 0 Å². The van der Waals surface area contributed by atoms with Gasteiger partial charge >= 0.3 is 0 Å². The van der Waals surface area contributed by atoms with Crippen molar-refractivity contribution in [2.24, 2.45) is 10.7 Å². The van der Waals surface area contributed by atoms with Crippen LogP contribution in [0.25, 0.3) is 10.9 Å². The topological polar surface area (TPSA) is 52.5 Å². The molecule has 0 saturated carbocycles. The summed E-state index contributed by atoms with van der Waals surface area (Å²) in [5.41, 5.74) is 11.7. The summed E-state index contributed by atoms with van der Waals surface area (Å²) in [5, 5.41) is 1.27. The summed E-state index contributed by atoms with van der Waals surface area (Å²) in [4.78, 5) is 4.28. The fourth-order valence-corrected chi connectivity index (χ4v) is 4.18. The van der Waals surface area contributed by atoms with Crippen LogP contribution in [0.4, 0.5) is 5.69 Å². The Hall–Kier alpha value is -1.63. The first-order valence-electron chi connectivity index (χ1n) is 8.76. The summed E-state index contributed by atoms with van der Waals surface area (Å²) in [5.74, 6) is 0.708. The van der Waals surface area contributed by atoms with E-state index in [2.05, 4.69) is 72.7 Å². The lowest BCUT2D eigenvalue weighted by Crippen LogP contribution is -2.09. The van der Waals surface area contributed by atoms with Gasteiger partial charge in [-0.05, 0) is 48.7 Å². The first-order valence-corrected chi connectivity index (χ1v) is 10.3. The van der Waals surface area contributed by atoms with Gasteiger partial charge in [0.25, 0.3) is 0 Å². The minimum atomic E-state index is 0.708. The normalized spacial score (nSPS) is 12.6. The number of amidine groups is 1. The largest absolute Gasteiger partial charge is 0.387 e. The van der Waals surface area contributed by atoms with E-state index in [-0.39, 0.29) is 0 Å². The molecule has 0 aliphatic carbocycles. The van der Waals surface area contributed by atoms with Crippen molar-refractivity contribution in [3.8, 4) is 0 Å². The van der Waals surface area contributed by atoms with E-state index in [1.54, 1.807) is 7.11 Å². The summed E-state index contributed by atoms with van der Waals surface area (Å²) in [6.45, 7) is 5.83. The van der Waals surface area contributed by atoms with E-state index >= 15 is 0 Å². The highest BCUT2D eigenvalue weighted by molar-refractivity contribution is 9.11. The maximum atomic E-state index is 5.65. The Balaban J connectivity index is 0.000000159. The van der Waals surface area contributed by atoms with Gasteiger partial charge in [0.1, 0.15) is 5.84 Å². The number of ether oxygens (including phenoxy) is 1. The van der Waals surface area contributed by atoms with Gasteiger partial charge in [-0.2, -0.15) is 0 Å². The quantitative estimate of drug-likeness (QED) is 0.512. The summed E-state index contributed by atoms with van der Waals surface area (Å²) in [6, 6.07) is 10.5. The maximum absolute atomic E-state index is 5.65. The monoisotopic (exact) mass is 491 g/mol. The molecule has 3 aromatic rings. The van der Waals surface area contributed by atoms with Gasteiger partial charge in [0.15, 0.2) is 0 Å². The van der Waals surface area contributed by atoms with Crippen molar-refractivity contribution < 1.29 is 4.74 Å². The SMILES string of the molecule is COCCn1ccc2c(Br)ccc(C)c21.Cc1ccc(Br)c2c1N=C(N)C2. The van der Waals surface area contributed by atoms with Crippen molar-refractivity contribution in [3.05, 3.63) is 62.2 Å². The van der Waals surface area contributed by atoms with Gasteiger partial charge in [-0.1, -0.05) is 44.0 Å². The van der Waals surface area contributed by atoms with Gasteiger partial charge in [0.2, 0.25) is 0 Å². The van der Waals surface area contributed by atoms with E-state index in [4.69, 9.17) is 10.5 Å². The van der Waals surface area contributed by atoms with Gasteiger partial charge in [0.05, 0.1) is 17.8 Å².